The zero-order valence-electron chi connectivity index (χ0n) is 20.3. The van der Waals surface area contributed by atoms with Crippen molar-refractivity contribution < 1.29 is 14.6 Å². The molecule has 2 aliphatic rings. The van der Waals surface area contributed by atoms with Crippen LogP contribution in [-0.4, -0.2) is 10.9 Å². The van der Waals surface area contributed by atoms with E-state index in [1.165, 1.54) is 0 Å². The Labute approximate surface area is 209 Å². The van der Waals surface area contributed by atoms with Crippen LogP contribution in [0.4, 0.5) is 0 Å². The first-order chi connectivity index (χ1) is 17.4. The summed E-state index contributed by atoms with van der Waals surface area (Å²) in [5.41, 5.74) is 2.69. The summed E-state index contributed by atoms with van der Waals surface area (Å²) < 4.78 is 6.54. The highest BCUT2D eigenvalue weighted by molar-refractivity contribution is 6.08. The summed E-state index contributed by atoms with van der Waals surface area (Å²) in [4.78, 5) is 13.9. The SMILES string of the molecule is CC1(C)CC(=O)C2=C(C1)Oc1ccc3ccc(O)cc3c1C2c1c2ccccc2cc2ccccc12. The summed E-state index contributed by atoms with van der Waals surface area (Å²) in [5.74, 6) is 1.60. The van der Waals surface area contributed by atoms with Gasteiger partial charge >= 0.3 is 0 Å². The predicted molar refractivity (Wildman–Crippen MR) is 145 cm³/mol. The molecule has 0 amide bonds. The van der Waals surface area contributed by atoms with Gasteiger partial charge in [0.15, 0.2) is 5.78 Å². The minimum absolute atomic E-state index is 0.145. The molecule has 0 aromatic heterocycles. The molecule has 0 bridgehead atoms. The second-order valence-corrected chi connectivity index (χ2v) is 10.9. The largest absolute Gasteiger partial charge is 0.508 e. The van der Waals surface area contributed by atoms with Crippen LogP contribution in [-0.2, 0) is 4.79 Å². The fourth-order valence-corrected chi connectivity index (χ4v) is 6.31. The predicted octanol–water partition coefficient (Wildman–Crippen LogP) is 8.02. The monoisotopic (exact) mass is 470 g/mol. The Kier molecular flexibility index (Phi) is 4.38. The molecule has 5 aromatic rings. The number of carbonyl (C=O) groups excluding carboxylic acids is 1. The fraction of sp³-hybridized carbons (Fsp3) is 0.182. The van der Waals surface area contributed by atoms with Gasteiger partial charge in [-0.2, -0.15) is 0 Å². The summed E-state index contributed by atoms with van der Waals surface area (Å²) in [6.45, 7) is 4.27. The van der Waals surface area contributed by atoms with E-state index in [-0.39, 0.29) is 22.9 Å². The van der Waals surface area contributed by atoms with E-state index in [0.717, 1.165) is 60.5 Å². The molecule has 176 valence electrons. The summed E-state index contributed by atoms with van der Waals surface area (Å²) >= 11 is 0. The number of Topliss-reactive ketones (excluding diaryl/α,β-unsaturated/α-hetero) is 1. The normalized spacial score (nSPS) is 18.8. The average molecular weight is 471 g/mol. The molecule has 0 radical (unpaired) electrons. The zero-order chi connectivity index (χ0) is 24.6. The van der Waals surface area contributed by atoms with Gasteiger partial charge in [0.2, 0.25) is 0 Å². The molecule has 1 aliphatic carbocycles. The van der Waals surface area contributed by atoms with Gasteiger partial charge in [-0.1, -0.05) is 74.5 Å². The first-order valence-electron chi connectivity index (χ1n) is 12.5. The van der Waals surface area contributed by atoms with Gasteiger partial charge in [-0.25, -0.2) is 0 Å². The molecule has 1 N–H and O–H groups in total. The van der Waals surface area contributed by atoms with E-state index < -0.39 is 0 Å². The molecule has 0 spiro atoms. The molecule has 3 nitrogen and oxygen atoms in total. The highest BCUT2D eigenvalue weighted by Crippen LogP contribution is 2.54. The van der Waals surface area contributed by atoms with E-state index in [1.54, 1.807) is 12.1 Å². The van der Waals surface area contributed by atoms with Gasteiger partial charge in [-0.05, 0) is 67.6 Å². The van der Waals surface area contributed by atoms with Crippen molar-refractivity contribution in [1.29, 1.82) is 0 Å². The Bertz CT molecular complexity index is 1720. The average Bonchev–Trinajstić information content (AvgIpc) is 2.85. The molecule has 1 aliphatic heterocycles. The maximum absolute atomic E-state index is 13.9. The quantitative estimate of drug-likeness (QED) is 0.252. The van der Waals surface area contributed by atoms with Crippen LogP contribution in [0.5, 0.6) is 11.5 Å². The number of fused-ring (bicyclic) bond motifs is 5. The van der Waals surface area contributed by atoms with Gasteiger partial charge < -0.3 is 9.84 Å². The third kappa shape index (κ3) is 3.09. The molecule has 7 rings (SSSR count). The number of phenols is 1. The zero-order valence-corrected chi connectivity index (χ0v) is 20.3. The Balaban J connectivity index is 1.67. The van der Waals surface area contributed by atoms with Gasteiger partial charge in [0.05, 0.1) is 0 Å². The standard InChI is InChI=1S/C33H26O3/c1-33(2)17-26(35)31-28(18-33)36-27-14-12-19-11-13-22(34)16-25(19)30(27)32(31)29-23-9-5-3-7-20(23)15-21-8-4-6-10-24(21)29/h3-16,32,34H,17-18H2,1-2H3. The Morgan fingerprint density at radius 3 is 2.14 bits per heavy atom. The second kappa shape index (κ2) is 7.44. The van der Waals surface area contributed by atoms with Crippen molar-refractivity contribution in [3.63, 3.8) is 0 Å². The topological polar surface area (TPSA) is 46.5 Å². The third-order valence-electron chi connectivity index (χ3n) is 7.80. The lowest BCUT2D eigenvalue weighted by atomic mass is 9.68. The number of carbonyl (C=O) groups is 1. The van der Waals surface area contributed by atoms with E-state index in [4.69, 9.17) is 4.74 Å². The van der Waals surface area contributed by atoms with E-state index in [2.05, 4.69) is 68.4 Å². The molecule has 0 saturated carbocycles. The number of ether oxygens (including phenoxy) is 1. The highest BCUT2D eigenvalue weighted by atomic mass is 16.5. The van der Waals surface area contributed by atoms with E-state index in [9.17, 15) is 9.90 Å². The van der Waals surface area contributed by atoms with Crippen molar-refractivity contribution in [2.45, 2.75) is 32.6 Å². The second-order valence-electron chi connectivity index (χ2n) is 10.9. The van der Waals surface area contributed by atoms with Crippen molar-refractivity contribution >= 4 is 38.1 Å². The van der Waals surface area contributed by atoms with Gasteiger partial charge in [0.25, 0.3) is 0 Å². The first kappa shape index (κ1) is 21.2. The van der Waals surface area contributed by atoms with Crippen LogP contribution in [0, 0.1) is 5.41 Å². The van der Waals surface area contributed by atoms with Crippen LogP contribution < -0.4 is 4.74 Å². The maximum atomic E-state index is 13.9. The third-order valence-corrected chi connectivity index (χ3v) is 7.80. The number of phenolic OH excluding ortho intramolecular Hbond substituents is 1. The number of allylic oxidation sites excluding steroid dienone is 2. The van der Waals surface area contributed by atoms with Gasteiger partial charge in [0, 0.05) is 29.9 Å². The number of rotatable bonds is 1. The molecule has 0 fully saturated rings. The van der Waals surface area contributed by atoms with Crippen molar-refractivity contribution in [3.8, 4) is 11.5 Å². The van der Waals surface area contributed by atoms with Gasteiger partial charge in [-0.3, -0.25) is 4.79 Å². The number of aromatic hydroxyl groups is 1. The van der Waals surface area contributed by atoms with Crippen molar-refractivity contribution in [3.05, 3.63) is 107 Å². The van der Waals surface area contributed by atoms with Crippen LogP contribution in [0.1, 0.15) is 43.7 Å². The summed E-state index contributed by atoms with van der Waals surface area (Å²) in [7, 11) is 0. The summed E-state index contributed by atoms with van der Waals surface area (Å²) in [5, 5.41) is 17.0. The van der Waals surface area contributed by atoms with E-state index in [1.807, 2.05) is 18.2 Å². The number of hydrogen-bond donors (Lipinski definition) is 1. The molecule has 36 heavy (non-hydrogen) atoms. The highest BCUT2D eigenvalue weighted by Gasteiger charge is 2.43. The fourth-order valence-electron chi connectivity index (χ4n) is 6.31. The minimum Gasteiger partial charge on any atom is -0.508 e. The Morgan fingerprint density at radius 2 is 1.42 bits per heavy atom. The first-order valence-corrected chi connectivity index (χ1v) is 12.5. The van der Waals surface area contributed by atoms with Crippen LogP contribution >= 0.6 is 0 Å². The van der Waals surface area contributed by atoms with Gasteiger partial charge in [0.1, 0.15) is 17.3 Å². The molecule has 1 unspecified atom stereocenters. The lowest BCUT2D eigenvalue weighted by Crippen LogP contribution is -2.33. The molecule has 5 aromatic carbocycles. The molecular weight excluding hydrogens is 444 g/mol. The number of hydrogen-bond acceptors (Lipinski definition) is 3. The molecule has 1 atom stereocenters. The Hall–Kier alpha value is -4.11. The van der Waals surface area contributed by atoms with Crippen LogP contribution in [0.3, 0.4) is 0 Å². The lowest BCUT2D eigenvalue weighted by Gasteiger charge is -2.39. The molecule has 0 saturated heterocycles. The summed E-state index contributed by atoms with van der Waals surface area (Å²) in [6.07, 6.45) is 1.20. The van der Waals surface area contributed by atoms with E-state index >= 15 is 0 Å². The van der Waals surface area contributed by atoms with Crippen LogP contribution in [0.25, 0.3) is 32.3 Å². The summed E-state index contributed by atoms with van der Waals surface area (Å²) in [6, 6.07) is 28.6. The van der Waals surface area contributed by atoms with Crippen molar-refractivity contribution in [1.82, 2.24) is 0 Å². The van der Waals surface area contributed by atoms with Gasteiger partial charge in [-0.15, -0.1) is 0 Å². The lowest BCUT2D eigenvalue weighted by molar-refractivity contribution is -0.118. The minimum atomic E-state index is -0.297. The maximum Gasteiger partial charge on any atom is 0.163 e. The van der Waals surface area contributed by atoms with Crippen molar-refractivity contribution in [2.24, 2.45) is 5.41 Å². The Morgan fingerprint density at radius 1 is 0.750 bits per heavy atom. The van der Waals surface area contributed by atoms with Crippen LogP contribution in [0.15, 0.2) is 96.3 Å². The van der Waals surface area contributed by atoms with Crippen LogP contribution in [0.2, 0.25) is 0 Å². The number of benzene rings is 5. The molecular formula is C33H26O3. The number of ketones is 1. The molecule has 3 heteroatoms. The smallest absolute Gasteiger partial charge is 0.163 e. The molecule has 1 heterocycles. The van der Waals surface area contributed by atoms with E-state index in [0.29, 0.717) is 12.8 Å². The van der Waals surface area contributed by atoms with Crippen molar-refractivity contribution in [2.75, 3.05) is 0 Å².